The van der Waals surface area contributed by atoms with Crippen LogP contribution in [0.3, 0.4) is 0 Å². The van der Waals surface area contributed by atoms with Crippen LogP contribution >= 0.6 is 0 Å². The van der Waals surface area contributed by atoms with Gasteiger partial charge in [-0.05, 0) is 86.1 Å². The van der Waals surface area contributed by atoms with Gasteiger partial charge in [0, 0.05) is 0 Å². The Labute approximate surface area is 171 Å². The van der Waals surface area contributed by atoms with E-state index in [1.54, 1.807) is 6.92 Å². The molecule has 0 radical (unpaired) electrons. The first-order valence-electron chi connectivity index (χ1n) is 10.8. The minimum absolute atomic E-state index is 0.0112. The van der Waals surface area contributed by atoms with E-state index >= 15 is 0 Å². The molecule has 4 bridgehead atoms. The molecule has 29 heavy (non-hydrogen) atoms. The Morgan fingerprint density at radius 3 is 2.21 bits per heavy atom. The van der Waals surface area contributed by atoms with Crippen LogP contribution in [-0.2, 0) is 9.59 Å². The number of hydrogen-bond acceptors (Lipinski definition) is 3. The number of rotatable bonds is 4. The van der Waals surface area contributed by atoms with Crippen molar-refractivity contribution in [3.8, 4) is 5.75 Å². The van der Waals surface area contributed by atoms with Gasteiger partial charge in [0.05, 0.1) is 5.41 Å². The van der Waals surface area contributed by atoms with Crippen molar-refractivity contribution >= 4 is 22.6 Å². The Balaban J connectivity index is 1.18. The van der Waals surface area contributed by atoms with E-state index in [4.69, 9.17) is 4.74 Å². The standard InChI is InChI=1S/C24H28N2O3/c1-15(29-21-7-6-19-4-2-3-5-20(19)11-21)22(27)25-26-23(28)24-12-16-8-17(13-24)10-18(9-16)14-24/h2-7,11,15-18H,8-10,12-14H2,1H3,(H,25,27)(H,26,28). The van der Waals surface area contributed by atoms with Gasteiger partial charge in [-0.2, -0.15) is 0 Å². The number of carbonyl (C=O) groups excluding carboxylic acids is 2. The number of hydrazine groups is 1. The quantitative estimate of drug-likeness (QED) is 0.774. The zero-order valence-corrected chi connectivity index (χ0v) is 16.8. The first-order valence-corrected chi connectivity index (χ1v) is 10.8. The highest BCUT2D eigenvalue weighted by Gasteiger charge is 2.54. The third-order valence-electron chi connectivity index (χ3n) is 7.22. The molecular formula is C24H28N2O3. The topological polar surface area (TPSA) is 67.4 Å². The highest BCUT2D eigenvalue weighted by Crippen LogP contribution is 2.60. The number of nitrogens with one attached hydrogen (secondary N) is 2. The lowest BCUT2D eigenvalue weighted by Crippen LogP contribution is -2.57. The van der Waals surface area contributed by atoms with E-state index in [-0.39, 0.29) is 17.2 Å². The second-order valence-corrected chi connectivity index (χ2v) is 9.41. The maximum absolute atomic E-state index is 13.0. The summed E-state index contributed by atoms with van der Waals surface area (Å²) in [5.74, 6) is 2.37. The Morgan fingerprint density at radius 2 is 1.55 bits per heavy atom. The molecule has 1 unspecified atom stereocenters. The average Bonchev–Trinajstić information content (AvgIpc) is 2.70. The molecule has 1 atom stereocenters. The summed E-state index contributed by atoms with van der Waals surface area (Å²) in [7, 11) is 0. The molecule has 152 valence electrons. The van der Waals surface area contributed by atoms with E-state index < -0.39 is 6.10 Å². The van der Waals surface area contributed by atoms with Gasteiger partial charge < -0.3 is 4.74 Å². The number of ether oxygens (including phenoxy) is 1. The lowest BCUT2D eigenvalue weighted by atomic mass is 9.49. The van der Waals surface area contributed by atoms with Crippen molar-refractivity contribution in [3.05, 3.63) is 42.5 Å². The van der Waals surface area contributed by atoms with Gasteiger partial charge in [0.1, 0.15) is 5.75 Å². The zero-order chi connectivity index (χ0) is 20.0. The normalized spacial score (nSPS) is 30.7. The molecule has 2 aromatic rings. The van der Waals surface area contributed by atoms with Crippen LogP contribution in [0.4, 0.5) is 0 Å². The molecule has 4 saturated carbocycles. The van der Waals surface area contributed by atoms with Gasteiger partial charge in [0.15, 0.2) is 6.10 Å². The van der Waals surface area contributed by atoms with Gasteiger partial charge in [-0.3, -0.25) is 20.4 Å². The number of benzene rings is 2. The molecule has 0 heterocycles. The number of carbonyl (C=O) groups is 2. The first kappa shape index (κ1) is 18.5. The maximum Gasteiger partial charge on any atom is 0.279 e. The summed E-state index contributed by atoms with van der Waals surface area (Å²) >= 11 is 0. The van der Waals surface area contributed by atoms with E-state index in [1.807, 2.05) is 42.5 Å². The highest BCUT2D eigenvalue weighted by atomic mass is 16.5. The second kappa shape index (κ2) is 7.05. The smallest absolute Gasteiger partial charge is 0.279 e. The van der Waals surface area contributed by atoms with Crippen LogP contribution in [0.5, 0.6) is 5.75 Å². The number of hydrogen-bond donors (Lipinski definition) is 2. The largest absolute Gasteiger partial charge is 0.481 e. The first-order chi connectivity index (χ1) is 14.0. The van der Waals surface area contributed by atoms with E-state index in [2.05, 4.69) is 10.9 Å². The monoisotopic (exact) mass is 392 g/mol. The fourth-order valence-corrected chi connectivity index (χ4v) is 6.24. The van der Waals surface area contributed by atoms with Crippen LogP contribution in [0.2, 0.25) is 0 Å². The van der Waals surface area contributed by atoms with Crippen molar-refractivity contribution in [3.63, 3.8) is 0 Å². The van der Waals surface area contributed by atoms with Crippen LogP contribution < -0.4 is 15.6 Å². The van der Waals surface area contributed by atoms with Crippen LogP contribution in [0.15, 0.2) is 42.5 Å². The van der Waals surface area contributed by atoms with E-state index in [1.165, 1.54) is 19.3 Å². The molecule has 6 rings (SSSR count). The minimum atomic E-state index is -0.701. The maximum atomic E-state index is 13.0. The third-order valence-corrected chi connectivity index (χ3v) is 7.22. The lowest BCUT2D eigenvalue weighted by molar-refractivity contribution is -0.149. The van der Waals surface area contributed by atoms with Gasteiger partial charge >= 0.3 is 0 Å². The molecule has 5 nitrogen and oxygen atoms in total. The predicted octanol–water partition coefficient (Wildman–Crippen LogP) is 3.97. The Morgan fingerprint density at radius 1 is 0.931 bits per heavy atom. The van der Waals surface area contributed by atoms with Gasteiger partial charge in [-0.1, -0.05) is 30.3 Å². The van der Waals surface area contributed by atoms with Crippen molar-refractivity contribution in [2.24, 2.45) is 23.2 Å². The molecule has 5 heteroatoms. The van der Waals surface area contributed by atoms with Crippen molar-refractivity contribution in [2.75, 3.05) is 0 Å². The molecule has 4 fully saturated rings. The molecule has 2 aromatic carbocycles. The molecule has 0 spiro atoms. The van der Waals surface area contributed by atoms with Gasteiger partial charge in [-0.25, -0.2) is 0 Å². The summed E-state index contributed by atoms with van der Waals surface area (Å²) in [5.41, 5.74) is 5.05. The Hall–Kier alpha value is -2.56. The van der Waals surface area contributed by atoms with Crippen LogP contribution in [0.1, 0.15) is 45.4 Å². The van der Waals surface area contributed by atoms with Crippen molar-refractivity contribution < 1.29 is 14.3 Å². The summed E-state index contributed by atoms with van der Waals surface area (Å²) in [5, 5.41) is 2.19. The fraction of sp³-hybridized carbons (Fsp3) is 0.500. The van der Waals surface area contributed by atoms with Gasteiger partial charge in [0.25, 0.3) is 5.91 Å². The Kier molecular flexibility index (Phi) is 4.49. The Bertz CT molecular complexity index is 919. The molecule has 2 amide bonds. The lowest BCUT2D eigenvalue weighted by Gasteiger charge is -2.55. The third kappa shape index (κ3) is 3.47. The number of fused-ring (bicyclic) bond motifs is 1. The van der Waals surface area contributed by atoms with E-state index in [9.17, 15) is 9.59 Å². The molecule has 2 N–H and O–H groups in total. The van der Waals surface area contributed by atoms with E-state index in [0.717, 1.165) is 30.0 Å². The fourth-order valence-electron chi connectivity index (χ4n) is 6.24. The van der Waals surface area contributed by atoms with Crippen molar-refractivity contribution in [1.29, 1.82) is 0 Å². The average molecular weight is 392 g/mol. The van der Waals surface area contributed by atoms with Gasteiger partial charge in [0.2, 0.25) is 5.91 Å². The summed E-state index contributed by atoms with van der Waals surface area (Å²) in [6.07, 6.45) is 6.09. The predicted molar refractivity (Wildman–Crippen MR) is 111 cm³/mol. The SMILES string of the molecule is CC(Oc1ccc2ccccc2c1)C(=O)NNC(=O)C12CC3CC(CC(C3)C1)C2. The molecule has 0 saturated heterocycles. The summed E-state index contributed by atoms with van der Waals surface area (Å²) in [6, 6.07) is 13.8. The van der Waals surface area contributed by atoms with Crippen LogP contribution in [0, 0.1) is 23.2 Å². The molecular weight excluding hydrogens is 364 g/mol. The molecule has 4 aliphatic rings. The molecule has 0 aromatic heterocycles. The zero-order valence-electron chi connectivity index (χ0n) is 16.8. The molecule has 4 aliphatic carbocycles. The highest BCUT2D eigenvalue weighted by molar-refractivity contribution is 5.88. The van der Waals surface area contributed by atoms with E-state index in [0.29, 0.717) is 23.5 Å². The summed E-state index contributed by atoms with van der Waals surface area (Å²) in [4.78, 5) is 25.5. The van der Waals surface area contributed by atoms with Crippen molar-refractivity contribution in [1.82, 2.24) is 10.9 Å². The minimum Gasteiger partial charge on any atom is -0.481 e. The van der Waals surface area contributed by atoms with Crippen LogP contribution in [-0.4, -0.2) is 17.9 Å². The summed E-state index contributed by atoms with van der Waals surface area (Å²) in [6.45, 7) is 1.70. The summed E-state index contributed by atoms with van der Waals surface area (Å²) < 4.78 is 5.80. The second-order valence-electron chi connectivity index (χ2n) is 9.41. The molecule has 0 aliphatic heterocycles. The number of amides is 2. The van der Waals surface area contributed by atoms with Gasteiger partial charge in [-0.15, -0.1) is 0 Å². The van der Waals surface area contributed by atoms with Crippen LogP contribution in [0.25, 0.3) is 10.8 Å². The van der Waals surface area contributed by atoms with Crippen molar-refractivity contribution in [2.45, 2.75) is 51.6 Å².